The third-order valence-electron chi connectivity index (χ3n) is 1.39. The van der Waals surface area contributed by atoms with Gasteiger partial charge in [0.15, 0.2) is 0 Å². The number of hydrogen-bond acceptors (Lipinski definition) is 3. The Kier molecular flexibility index (Phi) is 2.06. The molecule has 2 aromatic heterocycles. The minimum atomic E-state index is 0.646. The van der Waals surface area contributed by atoms with Crippen LogP contribution in [0, 0.1) is 0 Å². The highest BCUT2D eigenvalue weighted by Gasteiger charge is 2.05. The largest absolute Gasteiger partial charge is 0.252 e. The van der Waals surface area contributed by atoms with E-state index < -0.39 is 0 Å². The second kappa shape index (κ2) is 3.21. The van der Waals surface area contributed by atoms with Crippen molar-refractivity contribution in [1.29, 1.82) is 0 Å². The number of nitrogens with zero attached hydrogens (tertiary/aromatic N) is 2. The van der Waals surface area contributed by atoms with E-state index in [1.807, 2.05) is 11.4 Å². The number of halogens is 1. The van der Waals surface area contributed by atoms with Gasteiger partial charge in [-0.2, -0.15) is 0 Å². The lowest BCUT2D eigenvalue weighted by atomic mass is 10.4. The first-order chi connectivity index (χ1) is 5.88. The van der Waals surface area contributed by atoms with E-state index in [2.05, 4.69) is 9.97 Å². The van der Waals surface area contributed by atoms with Crippen molar-refractivity contribution in [3.63, 3.8) is 0 Å². The number of rotatable bonds is 1. The molecule has 60 valence electrons. The molecule has 0 amide bonds. The minimum absolute atomic E-state index is 0.646. The Balaban J connectivity index is 2.55. The maximum absolute atomic E-state index is 5.92. The Morgan fingerprint density at radius 2 is 2.17 bits per heavy atom. The van der Waals surface area contributed by atoms with Gasteiger partial charge >= 0.3 is 0 Å². The van der Waals surface area contributed by atoms with Crippen LogP contribution in [0.2, 0.25) is 5.02 Å². The molecule has 2 nitrogen and oxygen atoms in total. The summed E-state index contributed by atoms with van der Waals surface area (Å²) in [6, 6.07) is 3.62. The van der Waals surface area contributed by atoms with Gasteiger partial charge in [-0.15, -0.1) is 11.3 Å². The van der Waals surface area contributed by atoms with Crippen molar-refractivity contribution in [2.24, 2.45) is 0 Å². The first-order valence-electron chi connectivity index (χ1n) is 3.38. The van der Waals surface area contributed by atoms with Crippen LogP contribution in [0.5, 0.6) is 0 Å². The zero-order valence-electron chi connectivity index (χ0n) is 6.07. The van der Waals surface area contributed by atoms with Crippen LogP contribution in [0.4, 0.5) is 0 Å². The summed E-state index contributed by atoms with van der Waals surface area (Å²) in [7, 11) is 0. The van der Waals surface area contributed by atoms with Crippen LogP contribution in [0.3, 0.4) is 0 Å². The number of thiazole rings is 1. The highest BCUT2D eigenvalue weighted by Crippen LogP contribution is 2.26. The van der Waals surface area contributed by atoms with Gasteiger partial charge in [-0.05, 0) is 12.1 Å². The predicted molar refractivity (Wildman–Crippen MR) is 50.4 cm³/mol. The predicted octanol–water partition coefficient (Wildman–Crippen LogP) is 2.86. The van der Waals surface area contributed by atoms with Gasteiger partial charge in [0.1, 0.15) is 10.7 Å². The van der Waals surface area contributed by atoms with Gasteiger partial charge in [-0.1, -0.05) is 11.6 Å². The molecular formula is C8H5ClN2S. The van der Waals surface area contributed by atoms with Gasteiger partial charge < -0.3 is 0 Å². The minimum Gasteiger partial charge on any atom is -0.252 e. The van der Waals surface area contributed by atoms with Crippen molar-refractivity contribution >= 4 is 22.9 Å². The number of hydrogen-bond donors (Lipinski definition) is 0. The second-order valence-corrected chi connectivity index (χ2v) is 3.47. The molecule has 2 heterocycles. The quantitative estimate of drug-likeness (QED) is 0.701. The van der Waals surface area contributed by atoms with E-state index in [-0.39, 0.29) is 0 Å². The summed E-state index contributed by atoms with van der Waals surface area (Å²) in [5, 5.41) is 3.41. The molecule has 0 spiro atoms. The molecule has 4 heteroatoms. The molecule has 0 fully saturated rings. The van der Waals surface area contributed by atoms with Crippen LogP contribution >= 0.6 is 22.9 Å². The molecule has 0 aliphatic heterocycles. The van der Waals surface area contributed by atoms with Crippen LogP contribution < -0.4 is 0 Å². The molecule has 0 N–H and O–H groups in total. The molecule has 0 aromatic carbocycles. The second-order valence-electron chi connectivity index (χ2n) is 2.17. The molecule has 0 unspecified atom stereocenters. The summed E-state index contributed by atoms with van der Waals surface area (Å²) in [4.78, 5) is 8.26. The number of aromatic nitrogens is 2. The normalized spacial score (nSPS) is 10.1. The third-order valence-corrected chi connectivity index (χ3v) is 2.48. The maximum Gasteiger partial charge on any atom is 0.143 e. The summed E-state index contributed by atoms with van der Waals surface area (Å²) in [5.74, 6) is 0. The average molecular weight is 197 g/mol. The Morgan fingerprint density at radius 1 is 1.25 bits per heavy atom. The highest BCUT2D eigenvalue weighted by molar-refractivity contribution is 7.13. The highest BCUT2D eigenvalue weighted by atomic mass is 35.5. The SMILES string of the molecule is Clc1cccnc1-c1nccs1. The van der Waals surface area contributed by atoms with Crippen molar-refractivity contribution in [3.8, 4) is 10.7 Å². The van der Waals surface area contributed by atoms with Crippen LogP contribution in [-0.4, -0.2) is 9.97 Å². The van der Waals surface area contributed by atoms with Crippen molar-refractivity contribution in [2.75, 3.05) is 0 Å². The topological polar surface area (TPSA) is 25.8 Å². The van der Waals surface area contributed by atoms with Crippen LogP contribution in [-0.2, 0) is 0 Å². The molecule has 2 rings (SSSR count). The molecule has 2 aromatic rings. The van der Waals surface area contributed by atoms with Crippen LogP contribution in [0.1, 0.15) is 0 Å². The molecule has 0 radical (unpaired) electrons. The standard InChI is InChI=1S/C8H5ClN2S/c9-6-2-1-3-10-7(6)8-11-4-5-12-8/h1-5H. The van der Waals surface area contributed by atoms with Crippen molar-refractivity contribution in [2.45, 2.75) is 0 Å². The lowest BCUT2D eigenvalue weighted by molar-refractivity contribution is 1.29. The lowest BCUT2D eigenvalue weighted by Crippen LogP contribution is -1.81. The molecule has 0 aliphatic carbocycles. The molecule has 12 heavy (non-hydrogen) atoms. The van der Waals surface area contributed by atoms with Gasteiger partial charge in [-0.25, -0.2) is 4.98 Å². The summed E-state index contributed by atoms with van der Waals surface area (Å²) >= 11 is 7.45. The maximum atomic E-state index is 5.92. The summed E-state index contributed by atoms with van der Waals surface area (Å²) in [6.07, 6.45) is 3.45. The monoisotopic (exact) mass is 196 g/mol. The number of pyridine rings is 1. The summed E-state index contributed by atoms with van der Waals surface area (Å²) < 4.78 is 0. The van der Waals surface area contributed by atoms with Crippen molar-refractivity contribution in [3.05, 3.63) is 34.9 Å². The van der Waals surface area contributed by atoms with E-state index in [9.17, 15) is 0 Å². The zero-order chi connectivity index (χ0) is 8.39. The smallest absolute Gasteiger partial charge is 0.143 e. The molecular weight excluding hydrogens is 192 g/mol. The summed E-state index contributed by atoms with van der Waals surface area (Å²) in [5.41, 5.74) is 0.758. The van der Waals surface area contributed by atoms with Gasteiger partial charge in [0.05, 0.1) is 5.02 Å². The van der Waals surface area contributed by atoms with Gasteiger partial charge in [0.25, 0.3) is 0 Å². The van der Waals surface area contributed by atoms with Crippen LogP contribution in [0.15, 0.2) is 29.9 Å². The third kappa shape index (κ3) is 1.33. The summed E-state index contributed by atoms with van der Waals surface area (Å²) in [6.45, 7) is 0. The molecule has 0 bridgehead atoms. The van der Waals surface area contributed by atoms with E-state index in [0.717, 1.165) is 10.7 Å². The van der Waals surface area contributed by atoms with E-state index in [1.165, 1.54) is 11.3 Å². The van der Waals surface area contributed by atoms with E-state index >= 15 is 0 Å². The molecule has 0 saturated heterocycles. The Labute approximate surface area is 78.9 Å². The Bertz CT molecular complexity index is 372. The molecule has 0 atom stereocenters. The van der Waals surface area contributed by atoms with Crippen LogP contribution in [0.25, 0.3) is 10.7 Å². The van der Waals surface area contributed by atoms with Gasteiger partial charge in [-0.3, -0.25) is 4.98 Å². The first kappa shape index (κ1) is 7.71. The lowest BCUT2D eigenvalue weighted by Gasteiger charge is -1.96. The van der Waals surface area contributed by atoms with Crippen molar-refractivity contribution < 1.29 is 0 Å². The fourth-order valence-corrected chi connectivity index (χ4v) is 1.80. The molecule has 0 aliphatic rings. The average Bonchev–Trinajstić information content (AvgIpc) is 2.57. The van der Waals surface area contributed by atoms with Gasteiger partial charge in [0, 0.05) is 17.8 Å². The van der Waals surface area contributed by atoms with Crippen molar-refractivity contribution in [1.82, 2.24) is 9.97 Å². The van der Waals surface area contributed by atoms with E-state index in [4.69, 9.17) is 11.6 Å². The fraction of sp³-hybridized carbons (Fsp3) is 0. The Morgan fingerprint density at radius 3 is 2.83 bits per heavy atom. The fourth-order valence-electron chi connectivity index (χ4n) is 0.883. The first-order valence-corrected chi connectivity index (χ1v) is 4.64. The molecule has 0 saturated carbocycles. The van der Waals surface area contributed by atoms with E-state index in [1.54, 1.807) is 18.5 Å². The van der Waals surface area contributed by atoms with E-state index in [0.29, 0.717) is 5.02 Å². The zero-order valence-corrected chi connectivity index (χ0v) is 7.64. The Hall–Kier alpha value is -0.930. The van der Waals surface area contributed by atoms with Gasteiger partial charge in [0.2, 0.25) is 0 Å².